The first-order valence-electron chi connectivity index (χ1n) is 5.89. The monoisotopic (exact) mass is 195 g/mol. The van der Waals surface area contributed by atoms with Crippen molar-refractivity contribution in [3.05, 3.63) is 0 Å². The summed E-state index contributed by atoms with van der Waals surface area (Å²) in [5.41, 5.74) is -0.0252. The molecule has 1 aliphatic heterocycles. The van der Waals surface area contributed by atoms with Crippen LogP contribution in [0.3, 0.4) is 0 Å². The van der Waals surface area contributed by atoms with E-state index in [1.807, 2.05) is 0 Å². The van der Waals surface area contributed by atoms with Gasteiger partial charge in [0.15, 0.2) is 0 Å². The summed E-state index contributed by atoms with van der Waals surface area (Å²) in [5, 5.41) is 3.35. The highest BCUT2D eigenvalue weighted by molar-refractivity contribution is 5.86. The zero-order valence-corrected chi connectivity index (χ0v) is 9.31. The largest absolute Gasteiger partial charge is 0.316 e. The molecule has 14 heavy (non-hydrogen) atoms. The van der Waals surface area contributed by atoms with Gasteiger partial charge in [0.1, 0.15) is 5.78 Å². The maximum Gasteiger partial charge on any atom is 0.140 e. The van der Waals surface area contributed by atoms with Crippen LogP contribution in [0.15, 0.2) is 0 Å². The number of hydrogen-bond donors (Lipinski definition) is 1. The molecule has 2 fully saturated rings. The number of rotatable bonds is 4. The van der Waals surface area contributed by atoms with Gasteiger partial charge in [0.05, 0.1) is 0 Å². The fourth-order valence-corrected chi connectivity index (χ4v) is 2.55. The molecular weight excluding hydrogens is 174 g/mol. The summed E-state index contributed by atoms with van der Waals surface area (Å²) in [4.78, 5) is 12.2. The van der Waals surface area contributed by atoms with Crippen molar-refractivity contribution in [1.82, 2.24) is 5.32 Å². The topological polar surface area (TPSA) is 29.1 Å². The molecule has 2 rings (SSSR count). The average Bonchev–Trinajstić information content (AvgIpc) is 2.82. The Hall–Kier alpha value is -0.370. The van der Waals surface area contributed by atoms with E-state index in [-0.39, 0.29) is 5.41 Å². The lowest BCUT2D eigenvalue weighted by Gasteiger charge is -2.31. The molecule has 2 heteroatoms. The van der Waals surface area contributed by atoms with Gasteiger partial charge in [0.25, 0.3) is 0 Å². The molecule has 80 valence electrons. The van der Waals surface area contributed by atoms with Crippen LogP contribution in [-0.2, 0) is 4.79 Å². The quantitative estimate of drug-likeness (QED) is 0.743. The second-order valence-electron chi connectivity index (χ2n) is 5.31. The van der Waals surface area contributed by atoms with Gasteiger partial charge in [-0.3, -0.25) is 4.79 Å². The maximum atomic E-state index is 12.2. The fourth-order valence-electron chi connectivity index (χ4n) is 2.55. The first kappa shape index (κ1) is 10.2. The van der Waals surface area contributed by atoms with E-state index in [0.29, 0.717) is 11.7 Å². The van der Waals surface area contributed by atoms with Gasteiger partial charge in [-0.25, -0.2) is 0 Å². The number of Topliss-reactive ketones (excluding diaryl/α,β-unsaturated/α-hetero) is 1. The molecule has 0 spiro atoms. The van der Waals surface area contributed by atoms with Crippen LogP contribution >= 0.6 is 0 Å². The molecule has 1 unspecified atom stereocenters. The third-order valence-electron chi connectivity index (χ3n) is 4.02. The van der Waals surface area contributed by atoms with E-state index >= 15 is 0 Å². The molecule has 0 aromatic rings. The van der Waals surface area contributed by atoms with Gasteiger partial charge in [-0.15, -0.1) is 0 Å². The third-order valence-corrected chi connectivity index (χ3v) is 4.02. The van der Waals surface area contributed by atoms with Crippen molar-refractivity contribution in [2.75, 3.05) is 13.1 Å². The molecule has 1 saturated carbocycles. The summed E-state index contributed by atoms with van der Waals surface area (Å²) in [6.07, 6.45) is 4.47. The van der Waals surface area contributed by atoms with E-state index in [0.717, 1.165) is 31.8 Å². The lowest BCUT2D eigenvalue weighted by atomic mass is 9.71. The Morgan fingerprint density at radius 2 is 2.21 bits per heavy atom. The lowest BCUT2D eigenvalue weighted by molar-refractivity contribution is -0.130. The Bertz CT molecular complexity index is 224. The minimum atomic E-state index is -0.0252. The van der Waals surface area contributed by atoms with Crippen LogP contribution < -0.4 is 5.32 Å². The standard InChI is InChI=1S/C12H21NO/c1-9(2)12(5-6-13-8-12)11(14)7-10-3-4-10/h9-10,13H,3-8H2,1-2H3. The predicted molar refractivity (Wildman–Crippen MR) is 57.1 cm³/mol. The maximum absolute atomic E-state index is 12.2. The second-order valence-corrected chi connectivity index (χ2v) is 5.31. The molecule has 1 atom stereocenters. The summed E-state index contributed by atoms with van der Waals surface area (Å²) in [7, 11) is 0. The van der Waals surface area contributed by atoms with E-state index < -0.39 is 0 Å². The highest BCUT2D eigenvalue weighted by Crippen LogP contribution is 2.41. The van der Waals surface area contributed by atoms with Crippen molar-refractivity contribution in [3.8, 4) is 0 Å². The minimum Gasteiger partial charge on any atom is -0.316 e. The van der Waals surface area contributed by atoms with Crippen molar-refractivity contribution in [3.63, 3.8) is 0 Å². The predicted octanol–water partition coefficient (Wildman–Crippen LogP) is 1.99. The van der Waals surface area contributed by atoms with Gasteiger partial charge in [0, 0.05) is 18.4 Å². The van der Waals surface area contributed by atoms with Gasteiger partial charge < -0.3 is 5.32 Å². The summed E-state index contributed by atoms with van der Waals surface area (Å²) < 4.78 is 0. The molecule has 0 aromatic heterocycles. The fraction of sp³-hybridized carbons (Fsp3) is 0.917. The van der Waals surface area contributed by atoms with Gasteiger partial charge >= 0.3 is 0 Å². The molecule has 0 amide bonds. The van der Waals surface area contributed by atoms with Gasteiger partial charge in [-0.2, -0.15) is 0 Å². The smallest absolute Gasteiger partial charge is 0.140 e. The first-order valence-corrected chi connectivity index (χ1v) is 5.89. The van der Waals surface area contributed by atoms with Crippen molar-refractivity contribution < 1.29 is 4.79 Å². The van der Waals surface area contributed by atoms with Crippen molar-refractivity contribution in [1.29, 1.82) is 0 Å². The summed E-state index contributed by atoms with van der Waals surface area (Å²) in [6, 6.07) is 0. The van der Waals surface area contributed by atoms with Gasteiger partial charge in [-0.05, 0) is 37.6 Å². The number of ketones is 1. The van der Waals surface area contributed by atoms with Crippen LogP contribution in [-0.4, -0.2) is 18.9 Å². The highest BCUT2D eigenvalue weighted by atomic mass is 16.1. The van der Waals surface area contributed by atoms with Crippen molar-refractivity contribution in [2.24, 2.45) is 17.3 Å². The van der Waals surface area contributed by atoms with Crippen LogP contribution in [0.2, 0.25) is 0 Å². The summed E-state index contributed by atoms with van der Waals surface area (Å²) in [6.45, 7) is 6.32. The molecule has 1 aliphatic carbocycles. The van der Waals surface area contributed by atoms with E-state index in [2.05, 4.69) is 19.2 Å². The van der Waals surface area contributed by atoms with Crippen LogP contribution in [0.4, 0.5) is 0 Å². The molecule has 1 N–H and O–H groups in total. The summed E-state index contributed by atoms with van der Waals surface area (Å²) in [5.74, 6) is 1.75. The second kappa shape index (κ2) is 3.65. The zero-order valence-electron chi connectivity index (χ0n) is 9.31. The van der Waals surface area contributed by atoms with Gasteiger partial charge in [0.2, 0.25) is 0 Å². The molecular formula is C12H21NO. The minimum absolute atomic E-state index is 0.0252. The zero-order chi connectivity index (χ0) is 10.2. The summed E-state index contributed by atoms with van der Waals surface area (Å²) >= 11 is 0. The Labute approximate surface area is 86.5 Å². The van der Waals surface area contributed by atoms with Crippen molar-refractivity contribution >= 4 is 5.78 Å². The van der Waals surface area contributed by atoms with E-state index in [4.69, 9.17) is 0 Å². The molecule has 2 aliphatic rings. The van der Waals surface area contributed by atoms with Crippen LogP contribution in [0.25, 0.3) is 0 Å². The normalized spacial score (nSPS) is 32.5. The average molecular weight is 195 g/mol. The van der Waals surface area contributed by atoms with Crippen LogP contribution in [0.1, 0.15) is 39.5 Å². The number of carbonyl (C=O) groups excluding carboxylic acids is 1. The van der Waals surface area contributed by atoms with Crippen molar-refractivity contribution in [2.45, 2.75) is 39.5 Å². The number of hydrogen-bond acceptors (Lipinski definition) is 2. The van der Waals surface area contributed by atoms with Crippen LogP contribution in [0, 0.1) is 17.3 Å². The highest BCUT2D eigenvalue weighted by Gasteiger charge is 2.44. The molecule has 1 saturated heterocycles. The Morgan fingerprint density at radius 3 is 2.64 bits per heavy atom. The third kappa shape index (κ3) is 1.72. The number of carbonyl (C=O) groups is 1. The molecule has 0 bridgehead atoms. The van der Waals surface area contributed by atoms with E-state index in [9.17, 15) is 4.79 Å². The Morgan fingerprint density at radius 1 is 1.50 bits per heavy atom. The van der Waals surface area contributed by atoms with E-state index in [1.54, 1.807) is 0 Å². The molecule has 2 nitrogen and oxygen atoms in total. The Kier molecular flexibility index (Phi) is 2.65. The first-order chi connectivity index (χ1) is 6.65. The van der Waals surface area contributed by atoms with Crippen LogP contribution in [0.5, 0.6) is 0 Å². The number of nitrogens with one attached hydrogen (secondary N) is 1. The molecule has 0 radical (unpaired) electrons. The molecule has 1 heterocycles. The lowest BCUT2D eigenvalue weighted by Crippen LogP contribution is -2.38. The van der Waals surface area contributed by atoms with E-state index in [1.165, 1.54) is 12.8 Å². The SMILES string of the molecule is CC(C)C1(C(=O)CC2CC2)CCNC1. The Balaban J connectivity index is 2.04. The van der Waals surface area contributed by atoms with Gasteiger partial charge in [-0.1, -0.05) is 13.8 Å². The molecule has 0 aromatic carbocycles.